The first-order chi connectivity index (χ1) is 10.5. The first-order valence-electron chi connectivity index (χ1n) is 7.46. The third-order valence-electron chi connectivity index (χ3n) is 3.69. The van der Waals surface area contributed by atoms with Gasteiger partial charge in [0.15, 0.2) is 0 Å². The normalized spacial score (nSPS) is 11.3. The van der Waals surface area contributed by atoms with Crippen LogP contribution in [0.4, 0.5) is 4.39 Å². The minimum Gasteiger partial charge on any atom is -0.338 e. The van der Waals surface area contributed by atoms with E-state index >= 15 is 0 Å². The summed E-state index contributed by atoms with van der Waals surface area (Å²) < 4.78 is 15.5. The van der Waals surface area contributed by atoms with Crippen LogP contribution in [0.3, 0.4) is 0 Å². The Kier molecular flexibility index (Phi) is 4.81. The summed E-state index contributed by atoms with van der Waals surface area (Å²) in [6.07, 6.45) is 7.80. The van der Waals surface area contributed by atoms with E-state index < -0.39 is 0 Å². The number of hydrogen-bond acceptors (Lipinski definition) is 0. The standard InChI is InChI=1S/C20H22FN/c1-6-9-19-20(15-10-12-16(21)13-11-15)17(7-2)18(8-3)22(19)14(4)5/h6-14H,2-3H2,1,4-5H3/b9-6+. The van der Waals surface area contributed by atoms with Crippen LogP contribution in [0.25, 0.3) is 29.4 Å². The highest BCUT2D eigenvalue weighted by Gasteiger charge is 2.20. The highest BCUT2D eigenvalue weighted by molar-refractivity contribution is 5.87. The van der Waals surface area contributed by atoms with Crippen molar-refractivity contribution < 1.29 is 4.39 Å². The molecular formula is C20H22FN. The average molecular weight is 295 g/mol. The first-order valence-corrected chi connectivity index (χ1v) is 7.46. The Labute approximate surface area is 132 Å². The molecule has 2 aromatic rings. The van der Waals surface area contributed by atoms with Crippen molar-refractivity contribution in [1.29, 1.82) is 0 Å². The average Bonchev–Trinajstić information content (AvgIpc) is 2.82. The second kappa shape index (κ2) is 6.61. The molecule has 0 saturated heterocycles. The van der Waals surface area contributed by atoms with Gasteiger partial charge in [-0.05, 0) is 50.6 Å². The Morgan fingerprint density at radius 1 is 1.05 bits per heavy atom. The fraction of sp³-hybridized carbons (Fsp3) is 0.200. The minimum atomic E-state index is -0.233. The van der Waals surface area contributed by atoms with E-state index in [0.717, 1.165) is 28.1 Å². The van der Waals surface area contributed by atoms with Gasteiger partial charge in [-0.1, -0.05) is 37.4 Å². The van der Waals surface area contributed by atoms with Crippen LogP contribution in [0, 0.1) is 5.82 Å². The van der Waals surface area contributed by atoms with Gasteiger partial charge in [-0.25, -0.2) is 4.39 Å². The summed E-state index contributed by atoms with van der Waals surface area (Å²) in [5.74, 6) is -0.233. The maximum absolute atomic E-state index is 13.3. The summed E-state index contributed by atoms with van der Waals surface area (Å²) >= 11 is 0. The van der Waals surface area contributed by atoms with Crippen LogP contribution in [0.15, 0.2) is 43.5 Å². The van der Waals surface area contributed by atoms with Crippen molar-refractivity contribution in [2.24, 2.45) is 0 Å². The fourth-order valence-electron chi connectivity index (χ4n) is 2.86. The summed E-state index contributed by atoms with van der Waals surface area (Å²) in [4.78, 5) is 0. The topological polar surface area (TPSA) is 4.93 Å². The zero-order valence-electron chi connectivity index (χ0n) is 13.4. The molecule has 0 saturated carbocycles. The van der Waals surface area contributed by atoms with Crippen molar-refractivity contribution in [2.45, 2.75) is 26.8 Å². The van der Waals surface area contributed by atoms with Crippen molar-refractivity contribution in [1.82, 2.24) is 4.57 Å². The lowest BCUT2D eigenvalue weighted by atomic mass is 9.99. The molecular weight excluding hydrogens is 273 g/mol. The van der Waals surface area contributed by atoms with Gasteiger partial charge in [-0.3, -0.25) is 0 Å². The van der Waals surface area contributed by atoms with Crippen LogP contribution >= 0.6 is 0 Å². The molecule has 0 N–H and O–H groups in total. The second-order valence-electron chi connectivity index (χ2n) is 5.44. The van der Waals surface area contributed by atoms with Gasteiger partial charge < -0.3 is 4.57 Å². The minimum absolute atomic E-state index is 0.233. The van der Waals surface area contributed by atoms with Crippen molar-refractivity contribution in [3.05, 3.63) is 66.3 Å². The van der Waals surface area contributed by atoms with E-state index in [9.17, 15) is 4.39 Å². The van der Waals surface area contributed by atoms with E-state index in [-0.39, 0.29) is 11.9 Å². The van der Waals surface area contributed by atoms with Crippen molar-refractivity contribution in [2.75, 3.05) is 0 Å². The predicted molar refractivity (Wildman–Crippen MR) is 95.1 cm³/mol. The van der Waals surface area contributed by atoms with Gasteiger partial charge in [0.05, 0.1) is 0 Å². The molecule has 0 aliphatic rings. The van der Waals surface area contributed by atoms with E-state index in [1.807, 2.05) is 37.3 Å². The highest BCUT2D eigenvalue weighted by atomic mass is 19.1. The van der Waals surface area contributed by atoms with E-state index in [4.69, 9.17) is 0 Å². The SMILES string of the molecule is C=Cc1c(-c2ccc(F)cc2)c(/C=C/C)n(C(C)C)c1C=C. The highest BCUT2D eigenvalue weighted by Crippen LogP contribution is 2.37. The summed E-state index contributed by atoms with van der Waals surface area (Å²) in [6, 6.07) is 6.88. The number of allylic oxidation sites excluding steroid dienone is 1. The Morgan fingerprint density at radius 3 is 2.14 bits per heavy atom. The maximum Gasteiger partial charge on any atom is 0.123 e. The Balaban J connectivity index is 2.88. The largest absolute Gasteiger partial charge is 0.338 e. The lowest BCUT2D eigenvalue weighted by molar-refractivity contribution is 0.595. The molecule has 0 bridgehead atoms. The van der Waals surface area contributed by atoms with Gasteiger partial charge in [-0.2, -0.15) is 0 Å². The van der Waals surface area contributed by atoms with Gasteiger partial charge in [0.25, 0.3) is 0 Å². The molecule has 22 heavy (non-hydrogen) atoms. The van der Waals surface area contributed by atoms with Crippen molar-refractivity contribution >= 4 is 18.2 Å². The summed E-state index contributed by atoms with van der Waals surface area (Å²) in [5.41, 5.74) is 5.21. The van der Waals surface area contributed by atoms with E-state index in [1.165, 1.54) is 12.1 Å². The zero-order chi connectivity index (χ0) is 16.3. The quantitative estimate of drug-likeness (QED) is 0.619. The van der Waals surface area contributed by atoms with Crippen LogP contribution in [-0.4, -0.2) is 4.57 Å². The van der Waals surface area contributed by atoms with Gasteiger partial charge >= 0.3 is 0 Å². The summed E-state index contributed by atoms with van der Waals surface area (Å²) in [5, 5.41) is 0. The number of aromatic nitrogens is 1. The van der Waals surface area contributed by atoms with E-state index in [2.05, 4.69) is 37.6 Å². The molecule has 1 nitrogen and oxygen atoms in total. The van der Waals surface area contributed by atoms with Crippen molar-refractivity contribution in [3.63, 3.8) is 0 Å². The van der Waals surface area contributed by atoms with Crippen molar-refractivity contribution in [3.8, 4) is 11.1 Å². The predicted octanol–water partition coefficient (Wildman–Crippen LogP) is 6.19. The molecule has 0 atom stereocenters. The number of nitrogens with zero attached hydrogens (tertiary/aromatic N) is 1. The van der Waals surface area contributed by atoms with Crippen LogP contribution in [-0.2, 0) is 0 Å². The van der Waals surface area contributed by atoms with Crippen LogP contribution in [0.5, 0.6) is 0 Å². The lowest BCUT2D eigenvalue weighted by Gasteiger charge is -2.14. The number of halogens is 1. The molecule has 0 aliphatic heterocycles. The van der Waals surface area contributed by atoms with Crippen LogP contribution < -0.4 is 0 Å². The third kappa shape index (κ3) is 2.69. The molecule has 114 valence electrons. The Bertz CT molecular complexity index is 715. The smallest absolute Gasteiger partial charge is 0.123 e. The number of hydrogen-bond donors (Lipinski definition) is 0. The molecule has 2 rings (SSSR count). The van der Waals surface area contributed by atoms with Gasteiger partial charge in [-0.15, -0.1) is 0 Å². The van der Waals surface area contributed by atoms with Gasteiger partial charge in [0.2, 0.25) is 0 Å². The zero-order valence-corrected chi connectivity index (χ0v) is 13.4. The lowest BCUT2D eigenvalue weighted by Crippen LogP contribution is -2.05. The number of benzene rings is 1. The van der Waals surface area contributed by atoms with Gasteiger partial charge in [0, 0.05) is 28.6 Å². The Hall–Kier alpha value is -2.35. The summed E-state index contributed by atoms with van der Waals surface area (Å²) in [6.45, 7) is 14.2. The molecule has 0 fully saturated rings. The van der Waals surface area contributed by atoms with E-state index in [0.29, 0.717) is 0 Å². The Morgan fingerprint density at radius 2 is 1.68 bits per heavy atom. The van der Waals surface area contributed by atoms with Crippen LogP contribution in [0.1, 0.15) is 43.8 Å². The molecule has 0 spiro atoms. The number of rotatable bonds is 5. The molecule has 0 unspecified atom stereocenters. The molecule has 2 heteroatoms. The summed E-state index contributed by atoms with van der Waals surface area (Å²) in [7, 11) is 0. The maximum atomic E-state index is 13.3. The molecule has 0 aliphatic carbocycles. The van der Waals surface area contributed by atoms with Crippen LogP contribution in [0.2, 0.25) is 0 Å². The first kappa shape index (κ1) is 16.0. The second-order valence-corrected chi connectivity index (χ2v) is 5.44. The third-order valence-corrected chi connectivity index (χ3v) is 3.69. The molecule has 1 aromatic heterocycles. The monoisotopic (exact) mass is 295 g/mol. The fourth-order valence-corrected chi connectivity index (χ4v) is 2.86. The van der Waals surface area contributed by atoms with E-state index in [1.54, 1.807) is 0 Å². The molecule has 1 heterocycles. The molecule has 0 amide bonds. The molecule has 0 radical (unpaired) electrons. The molecule has 1 aromatic carbocycles. The van der Waals surface area contributed by atoms with Gasteiger partial charge in [0.1, 0.15) is 5.82 Å².